The summed E-state index contributed by atoms with van der Waals surface area (Å²) in [5.41, 5.74) is 1.24. The number of nitrogens with zero attached hydrogens (tertiary/aromatic N) is 1. The Morgan fingerprint density at radius 2 is 2.12 bits per heavy atom. The molecule has 0 aliphatic carbocycles. The van der Waals surface area contributed by atoms with Gasteiger partial charge >= 0.3 is 0 Å². The molecule has 5 nitrogen and oxygen atoms in total. The molecule has 1 aliphatic rings. The van der Waals surface area contributed by atoms with E-state index < -0.39 is 6.04 Å². The van der Waals surface area contributed by atoms with Crippen molar-refractivity contribution in [1.82, 2.24) is 4.90 Å². The van der Waals surface area contributed by atoms with Crippen LogP contribution in [0, 0.1) is 11.8 Å². The van der Waals surface area contributed by atoms with Gasteiger partial charge < -0.3 is 9.53 Å². The second-order valence-electron chi connectivity index (χ2n) is 5.65. The lowest BCUT2D eigenvalue weighted by atomic mass is 10.0. The number of hydrogen-bond acceptors (Lipinski definition) is 4. The molecule has 5 heteroatoms. The number of aldehydes is 1. The Balaban J connectivity index is 2.28. The number of hydrogen-bond donors (Lipinski definition) is 0. The van der Waals surface area contributed by atoms with Crippen molar-refractivity contribution in [2.24, 2.45) is 0 Å². The molecular formula is C20H21NO4. The van der Waals surface area contributed by atoms with Gasteiger partial charge in [0.2, 0.25) is 0 Å². The second kappa shape index (κ2) is 8.95. The first-order valence-corrected chi connectivity index (χ1v) is 8.20. The largest absolute Gasteiger partial charge is 0.385 e. The molecule has 1 aromatic rings. The van der Waals surface area contributed by atoms with E-state index in [-0.39, 0.29) is 18.2 Å². The Hall–Kier alpha value is -2.71. The zero-order valence-electron chi connectivity index (χ0n) is 14.3. The Bertz CT molecular complexity index is 742. The first kappa shape index (κ1) is 18.6. The number of benzene rings is 1. The molecule has 2 rings (SSSR count). The Kier molecular flexibility index (Phi) is 6.67. The topological polar surface area (TPSA) is 63.7 Å². The number of unbranched alkanes of at least 4 members (excludes halogenated alkanes) is 1. The van der Waals surface area contributed by atoms with Gasteiger partial charge in [0.15, 0.2) is 0 Å². The highest BCUT2D eigenvalue weighted by molar-refractivity contribution is 6.22. The van der Waals surface area contributed by atoms with Crippen molar-refractivity contribution in [1.29, 1.82) is 0 Å². The van der Waals surface area contributed by atoms with Crippen LogP contribution in [0.4, 0.5) is 0 Å². The normalized spacial score (nSPS) is 13.9. The van der Waals surface area contributed by atoms with E-state index in [0.717, 1.165) is 12.7 Å². The van der Waals surface area contributed by atoms with Crippen molar-refractivity contribution >= 4 is 18.1 Å². The van der Waals surface area contributed by atoms with Crippen LogP contribution in [0.5, 0.6) is 0 Å². The number of fused-ring (bicyclic) bond motifs is 1. The summed E-state index contributed by atoms with van der Waals surface area (Å²) in [6.07, 6.45) is 4.39. The SMILES string of the molecule is C=CC(CCC=O)N1C(=O)c2cccc(C#CCCCOC)c2C1=O. The average molecular weight is 339 g/mol. The zero-order chi connectivity index (χ0) is 18.2. The summed E-state index contributed by atoms with van der Waals surface area (Å²) in [6, 6.07) is 4.60. The number of amides is 2. The highest BCUT2D eigenvalue weighted by Gasteiger charge is 2.40. The van der Waals surface area contributed by atoms with E-state index in [0.29, 0.717) is 36.1 Å². The van der Waals surface area contributed by atoms with Gasteiger partial charge in [-0.1, -0.05) is 24.0 Å². The smallest absolute Gasteiger partial charge is 0.263 e. The highest BCUT2D eigenvalue weighted by atomic mass is 16.5. The van der Waals surface area contributed by atoms with Crippen LogP contribution in [0.1, 0.15) is 52.0 Å². The van der Waals surface area contributed by atoms with Crippen LogP contribution in [0.15, 0.2) is 30.9 Å². The van der Waals surface area contributed by atoms with Crippen LogP contribution in [0.3, 0.4) is 0 Å². The number of carbonyl (C=O) groups excluding carboxylic acids is 3. The molecule has 0 aromatic heterocycles. The lowest BCUT2D eigenvalue weighted by molar-refractivity contribution is -0.108. The quantitative estimate of drug-likeness (QED) is 0.240. The third-order valence-corrected chi connectivity index (χ3v) is 4.00. The maximum absolute atomic E-state index is 12.8. The average Bonchev–Trinajstić information content (AvgIpc) is 2.88. The summed E-state index contributed by atoms with van der Waals surface area (Å²) in [5, 5.41) is 0. The minimum Gasteiger partial charge on any atom is -0.385 e. The van der Waals surface area contributed by atoms with E-state index in [1.165, 1.54) is 11.0 Å². The summed E-state index contributed by atoms with van der Waals surface area (Å²) in [5.74, 6) is 5.26. The predicted molar refractivity (Wildman–Crippen MR) is 94.2 cm³/mol. The van der Waals surface area contributed by atoms with E-state index in [2.05, 4.69) is 18.4 Å². The van der Waals surface area contributed by atoms with Crippen molar-refractivity contribution < 1.29 is 19.1 Å². The van der Waals surface area contributed by atoms with Gasteiger partial charge in [0.1, 0.15) is 6.29 Å². The molecule has 25 heavy (non-hydrogen) atoms. The third kappa shape index (κ3) is 4.04. The van der Waals surface area contributed by atoms with Crippen LogP contribution < -0.4 is 0 Å². The molecule has 0 N–H and O–H groups in total. The van der Waals surface area contributed by atoms with Gasteiger partial charge in [0.25, 0.3) is 11.8 Å². The maximum Gasteiger partial charge on any atom is 0.263 e. The van der Waals surface area contributed by atoms with E-state index in [1.54, 1.807) is 25.3 Å². The molecule has 0 saturated carbocycles. The molecule has 0 radical (unpaired) electrons. The molecule has 0 fully saturated rings. The van der Waals surface area contributed by atoms with Gasteiger partial charge in [-0.25, -0.2) is 0 Å². The van der Waals surface area contributed by atoms with Crippen LogP contribution in [-0.4, -0.2) is 42.8 Å². The van der Waals surface area contributed by atoms with Crippen molar-refractivity contribution in [2.45, 2.75) is 31.7 Å². The summed E-state index contributed by atoms with van der Waals surface area (Å²) >= 11 is 0. The molecule has 0 spiro atoms. The molecule has 1 unspecified atom stereocenters. The monoisotopic (exact) mass is 339 g/mol. The van der Waals surface area contributed by atoms with Gasteiger partial charge in [0, 0.05) is 32.1 Å². The second-order valence-corrected chi connectivity index (χ2v) is 5.65. The van der Waals surface area contributed by atoms with Gasteiger partial charge in [-0.3, -0.25) is 14.5 Å². The lowest BCUT2D eigenvalue weighted by Crippen LogP contribution is -2.38. The fourth-order valence-electron chi connectivity index (χ4n) is 2.76. The Morgan fingerprint density at radius 1 is 1.32 bits per heavy atom. The molecule has 2 amide bonds. The highest BCUT2D eigenvalue weighted by Crippen LogP contribution is 2.28. The fourth-order valence-corrected chi connectivity index (χ4v) is 2.76. The standard InChI is InChI=1S/C20H21NO4/c1-3-16(11-8-13-22)21-19(23)17-12-7-10-15(18(17)20(21)24)9-5-4-6-14-25-2/h3,7,10,12-13,16H,1,4,6,8,11,14H2,2H3. The van der Waals surface area contributed by atoms with E-state index in [1.807, 2.05) is 0 Å². The van der Waals surface area contributed by atoms with E-state index in [9.17, 15) is 14.4 Å². The molecule has 1 heterocycles. The van der Waals surface area contributed by atoms with E-state index >= 15 is 0 Å². The summed E-state index contributed by atoms with van der Waals surface area (Å²) in [7, 11) is 1.64. The van der Waals surface area contributed by atoms with Gasteiger partial charge in [-0.2, -0.15) is 0 Å². The summed E-state index contributed by atoms with van der Waals surface area (Å²) in [6.45, 7) is 4.32. The molecular weight excluding hydrogens is 318 g/mol. The summed E-state index contributed by atoms with van der Waals surface area (Å²) < 4.78 is 4.98. The minimum absolute atomic E-state index is 0.260. The van der Waals surface area contributed by atoms with Crippen molar-refractivity contribution in [3.05, 3.63) is 47.5 Å². The molecule has 1 aromatic carbocycles. The fraction of sp³-hybridized carbons (Fsp3) is 0.350. The predicted octanol–water partition coefficient (Wildman–Crippen LogP) is 2.59. The molecule has 1 aliphatic heterocycles. The van der Waals surface area contributed by atoms with Gasteiger partial charge in [-0.05, 0) is 25.0 Å². The molecule has 1 atom stereocenters. The Morgan fingerprint density at radius 3 is 2.80 bits per heavy atom. The van der Waals surface area contributed by atoms with Crippen molar-refractivity contribution in [2.75, 3.05) is 13.7 Å². The van der Waals surface area contributed by atoms with Crippen LogP contribution in [0.25, 0.3) is 0 Å². The lowest BCUT2D eigenvalue weighted by Gasteiger charge is -2.22. The van der Waals surface area contributed by atoms with Crippen LogP contribution in [-0.2, 0) is 9.53 Å². The molecule has 0 bridgehead atoms. The first-order valence-electron chi connectivity index (χ1n) is 8.20. The number of ether oxygens (including phenoxy) is 1. The van der Waals surface area contributed by atoms with Gasteiger partial charge in [0.05, 0.1) is 17.2 Å². The third-order valence-electron chi connectivity index (χ3n) is 4.00. The van der Waals surface area contributed by atoms with Gasteiger partial charge in [-0.15, -0.1) is 6.58 Å². The number of imide groups is 1. The molecule has 0 saturated heterocycles. The number of rotatable bonds is 8. The van der Waals surface area contributed by atoms with Crippen LogP contribution >= 0.6 is 0 Å². The maximum atomic E-state index is 12.8. The summed E-state index contributed by atoms with van der Waals surface area (Å²) in [4.78, 5) is 37.2. The van der Waals surface area contributed by atoms with Crippen LogP contribution in [0.2, 0.25) is 0 Å². The number of carbonyl (C=O) groups is 3. The van der Waals surface area contributed by atoms with Crippen molar-refractivity contribution in [3.8, 4) is 11.8 Å². The minimum atomic E-state index is -0.500. The van der Waals surface area contributed by atoms with E-state index in [4.69, 9.17) is 4.74 Å². The Labute approximate surface area is 147 Å². The zero-order valence-corrected chi connectivity index (χ0v) is 14.3. The van der Waals surface area contributed by atoms with Crippen molar-refractivity contribution in [3.63, 3.8) is 0 Å². The molecule has 130 valence electrons. The number of methoxy groups -OCH3 is 1. The first-order chi connectivity index (χ1) is 12.2.